The standard InChI is InChI=1S/C13H24N4O3/c1-13(8-15-9-13)20-7-12(19)16-10-2-4-17(5-3-10)6-11(14)18/h10,15H,2-9H2,1H3,(H2,14,18)(H,16,19). The van der Waals surface area contributed by atoms with Crippen molar-refractivity contribution in [3.8, 4) is 0 Å². The number of nitrogens with two attached hydrogens (primary N) is 1. The van der Waals surface area contributed by atoms with Crippen molar-refractivity contribution in [1.29, 1.82) is 0 Å². The molecule has 2 aliphatic heterocycles. The molecular weight excluding hydrogens is 260 g/mol. The zero-order chi connectivity index (χ0) is 14.6. The van der Waals surface area contributed by atoms with E-state index in [9.17, 15) is 9.59 Å². The monoisotopic (exact) mass is 284 g/mol. The van der Waals surface area contributed by atoms with Gasteiger partial charge in [0.1, 0.15) is 6.61 Å². The largest absolute Gasteiger partial charge is 0.369 e. The van der Waals surface area contributed by atoms with E-state index in [1.165, 1.54) is 0 Å². The Morgan fingerprint density at radius 3 is 2.55 bits per heavy atom. The predicted molar refractivity (Wildman–Crippen MR) is 74.0 cm³/mol. The van der Waals surface area contributed by atoms with Crippen molar-refractivity contribution in [3.63, 3.8) is 0 Å². The summed E-state index contributed by atoms with van der Waals surface area (Å²) in [5, 5.41) is 6.11. The first-order valence-electron chi connectivity index (χ1n) is 7.11. The summed E-state index contributed by atoms with van der Waals surface area (Å²) in [6.45, 7) is 5.58. The van der Waals surface area contributed by atoms with Crippen LogP contribution in [0.5, 0.6) is 0 Å². The maximum Gasteiger partial charge on any atom is 0.246 e. The van der Waals surface area contributed by atoms with Crippen LogP contribution in [0.1, 0.15) is 19.8 Å². The maximum absolute atomic E-state index is 11.8. The van der Waals surface area contributed by atoms with Gasteiger partial charge in [0.25, 0.3) is 0 Å². The van der Waals surface area contributed by atoms with Crippen LogP contribution in [0.4, 0.5) is 0 Å². The van der Waals surface area contributed by atoms with Crippen molar-refractivity contribution in [1.82, 2.24) is 15.5 Å². The third-order valence-electron chi connectivity index (χ3n) is 3.88. The number of nitrogens with zero attached hydrogens (tertiary/aromatic N) is 1. The van der Waals surface area contributed by atoms with E-state index >= 15 is 0 Å². The second-order valence-electron chi connectivity index (χ2n) is 5.93. The summed E-state index contributed by atoms with van der Waals surface area (Å²) in [5.41, 5.74) is 4.97. The van der Waals surface area contributed by atoms with Gasteiger partial charge in [-0.2, -0.15) is 0 Å². The average Bonchev–Trinajstić information content (AvgIpc) is 2.36. The molecule has 2 heterocycles. The van der Waals surface area contributed by atoms with Gasteiger partial charge in [0, 0.05) is 32.2 Å². The molecule has 20 heavy (non-hydrogen) atoms. The van der Waals surface area contributed by atoms with E-state index in [4.69, 9.17) is 10.5 Å². The van der Waals surface area contributed by atoms with E-state index in [0.717, 1.165) is 39.0 Å². The Morgan fingerprint density at radius 1 is 1.40 bits per heavy atom. The highest BCUT2D eigenvalue weighted by molar-refractivity contribution is 5.77. The summed E-state index contributed by atoms with van der Waals surface area (Å²) >= 11 is 0. The second kappa shape index (κ2) is 6.51. The van der Waals surface area contributed by atoms with Gasteiger partial charge in [-0.05, 0) is 19.8 Å². The first kappa shape index (κ1) is 15.2. The molecule has 2 rings (SSSR count). The topological polar surface area (TPSA) is 96.7 Å². The molecule has 2 saturated heterocycles. The summed E-state index contributed by atoms with van der Waals surface area (Å²) in [5.74, 6) is -0.366. The molecule has 114 valence electrons. The van der Waals surface area contributed by atoms with Crippen LogP contribution in [0, 0.1) is 0 Å². The number of piperidine rings is 1. The lowest BCUT2D eigenvalue weighted by molar-refractivity contribution is -0.137. The van der Waals surface area contributed by atoms with Crippen LogP contribution < -0.4 is 16.4 Å². The van der Waals surface area contributed by atoms with Crippen LogP contribution in [-0.4, -0.2) is 67.7 Å². The fraction of sp³-hybridized carbons (Fsp3) is 0.846. The summed E-state index contributed by atoms with van der Waals surface area (Å²) in [6, 6.07) is 0.169. The summed E-state index contributed by atoms with van der Waals surface area (Å²) in [7, 11) is 0. The predicted octanol–water partition coefficient (Wildman–Crippen LogP) is -1.57. The Bertz CT molecular complexity index is 363. The van der Waals surface area contributed by atoms with Gasteiger partial charge in [-0.15, -0.1) is 0 Å². The minimum Gasteiger partial charge on any atom is -0.369 e. The molecule has 0 unspecified atom stereocenters. The Hall–Kier alpha value is -1.18. The number of rotatable bonds is 6. The van der Waals surface area contributed by atoms with E-state index in [0.29, 0.717) is 6.54 Å². The van der Waals surface area contributed by atoms with E-state index in [1.54, 1.807) is 0 Å². The van der Waals surface area contributed by atoms with Crippen LogP contribution in [0.3, 0.4) is 0 Å². The quantitative estimate of drug-likeness (QED) is 0.547. The fourth-order valence-electron chi connectivity index (χ4n) is 2.54. The molecule has 7 heteroatoms. The number of likely N-dealkylation sites (tertiary alicyclic amines) is 1. The van der Waals surface area contributed by atoms with Crippen molar-refractivity contribution in [2.24, 2.45) is 5.73 Å². The third kappa shape index (κ3) is 4.43. The summed E-state index contributed by atoms with van der Waals surface area (Å²) < 4.78 is 5.60. The van der Waals surface area contributed by atoms with Crippen molar-refractivity contribution in [3.05, 3.63) is 0 Å². The molecule has 0 aromatic rings. The minimum atomic E-state index is -0.303. The van der Waals surface area contributed by atoms with Gasteiger partial charge in [0.05, 0.1) is 12.1 Å². The Labute approximate surface area is 119 Å². The highest BCUT2D eigenvalue weighted by atomic mass is 16.5. The molecule has 0 radical (unpaired) electrons. The van der Waals surface area contributed by atoms with Crippen LogP contribution in [0.25, 0.3) is 0 Å². The number of amides is 2. The van der Waals surface area contributed by atoms with E-state index in [2.05, 4.69) is 10.6 Å². The molecule has 4 N–H and O–H groups in total. The van der Waals surface area contributed by atoms with Crippen molar-refractivity contribution in [2.45, 2.75) is 31.4 Å². The van der Waals surface area contributed by atoms with Crippen LogP contribution in [0.15, 0.2) is 0 Å². The summed E-state index contributed by atoms with van der Waals surface area (Å²) in [4.78, 5) is 24.7. The average molecular weight is 284 g/mol. The van der Waals surface area contributed by atoms with Gasteiger partial charge < -0.3 is 21.1 Å². The SMILES string of the molecule is CC1(OCC(=O)NC2CCN(CC(N)=O)CC2)CNC1. The number of carbonyl (C=O) groups excluding carboxylic acids is 2. The molecule has 0 aliphatic carbocycles. The highest BCUT2D eigenvalue weighted by Crippen LogP contribution is 2.15. The zero-order valence-electron chi connectivity index (χ0n) is 12.0. The van der Waals surface area contributed by atoms with Gasteiger partial charge in [-0.1, -0.05) is 0 Å². The lowest BCUT2D eigenvalue weighted by atomic mass is 10.0. The Morgan fingerprint density at radius 2 is 2.05 bits per heavy atom. The van der Waals surface area contributed by atoms with E-state index < -0.39 is 0 Å². The van der Waals surface area contributed by atoms with Crippen molar-refractivity contribution < 1.29 is 14.3 Å². The molecule has 7 nitrogen and oxygen atoms in total. The van der Waals surface area contributed by atoms with E-state index in [-0.39, 0.29) is 30.1 Å². The second-order valence-corrected chi connectivity index (χ2v) is 5.93. The number of hydrogen-bond acceptors (Lipinski definition) is 5. The number of primary amides is 1. The number of carbonyl (C=O) groups is 2. The first-order chi connectivity index (χ1) is 9.47. The summed E-state index contributed by atoms with van der Waals surface area (Å²) in [6.07, 6.45) is 1.69. The molecule has 0 aromatic heterocycles. The van der Waals surface area contributed by atoms with Gasteiger partial charge >= 0.3 is 0 Å². The van der Waals surface area contributed by atoms with Crippen LogP contribution >= 0.6 is 0 Å². The molecule has 0 bridgehead atoms. The zero-order valence-corrected chi connectivity index (χ0v) is 12.0. The first-order valence-corrected chi connectivity index (χ1v) is 7.11. The normalized spacial score (nSPS) is 23.1. The highest BCUT2D eigenvalue weighted by Gasteiger charge is 2.33. The smallest absolute Gasteiger partial charge is 0.246 e. The van der Waals surface area contributed by atoms with Gasteiger partial charge in [0.15, 0.2) is 0 Å². The van der Waals surface area contributed by atoms with Crippen LogP contribution in [0.2, 0.25) is 0 Å². The molecule has 0 saturated carbocycles. The number of hydrogen-bond donors (Lipinski definition) is 3. The fourth-order valence-corrected chi connectivity index (χ4v) is 2.54. The van der Waals surface area contributed by atoms with Gasteiger partial charge in [-0.25, -0.2) is 0 Å². The number of nitrogens with one attached hydrogen (secondary N) is 2. The molecule has 2 amide bonds. The lowest BCUT2D eigenvalue weighted by Gasteiger charge is -2.39. The Kier molecular flexibility index (Phi) is 4.95. The third-order valence-corrected chi connectivity index (χ3v) is 3.88. The van der Waals surface area contributed by atoms with Crippen molar-refractivity contribution in [2.75, 3.05) is 39.3 Å². The molecule has 0 aromatic carbocycles. The lowest BCUT2D eigenvalue weighted by Crippen LogP contribution is -2.60. The van der Waals surface area contributed by atoms with Crippen molar-refractivity contribution >= 4 is 11.8 Å². The van der Waals surface area contributed by atoms with Gasteiger partial charge in [0.2, 0.25) is 11.8 Å². The molecule has 2 aliphatic rings. The molecule has 2 fully saturated rings. The Balaban J connectivity index is 1.62. The van der Waals surface area contributed by atoms with Gasteiger partial charge in [-0.3, -0.25) is 14.5 Å². The molecule has 0 atom stereocenters. The van der Waals surface area contributed by atoms with E-state index in [1.807, 2.05) is 11.8 Å². The van der Waals surface area contributed by atoms with Crippen LogP contribution in [-0.2, 0) is 14.3 Å². The molecule has 0 spiro atoms. The number of ether oxygens (including phenoxy) is 1. The minimum absolute atomic E-state index is 0.0634. The maximum atomic E-state index is 11.8. The molecular formula is C13H24N4O3.